The molecule has 1 aliphatic heterocycles. The van der Waals surface area contributed by atoms with Crippen LogP contribution in [0.2, 0.25) is 0 Å². The van der Waals surface area contributed by atoms with Gasteiger partial charge in [-0.3, -0.25) is 0 Å². The maximum Gasteiger partial charge on any atom is 0.129 e. The van der Waals surface area contributed by atoms with Crippen LogP contribution in [0.25, 0.3) is 0 Å². The summed E-state index contributed by atoms with van der Waals surface area (Å²) < 4.78 is 19.7. The number of hydrogen-bond donors (Lipinski definition) is 0. The summed E-state index contributed by atoms with van der Waals surface area (Å²) in [6.07, 6.45) is 0.153. The van der Waals surface area contributed by atoms with E-state index in [1.54, 1.807) is 6.07 Å². The molecule has 0 aromatic heterocycles. The van der Waals surface area contributed by atoms with Gasteiger partial charge in [-0.05, 0) is 32.9 Å². The zero-order valence-corrected chi connectivity index (χ0v) is 12.6. The van der Waals surface area contributed by atoms with Crippen LogP contribution in [0, 0.1) is 5.82 Å². The lowest BCUT2D eigenvalue weighted by molar-refractivity contribution is -0.0750. The molecule has 18 heavy (non-hydrogen) atoms. The molecule has 4 heteroatoms. The second kappa shape index (κ2) is 5.17. The first-order valence-corrected chi connectivity index (χ1v) is 7.31. The predicted molar refractivity (Wildman–Crippen MR) is 75.9 cm³/mol. The topological polar surface area (TPSA) is 12.5 Å². The maximum absolute atomic E-state index is 13.8. The zero-order valence-electron chi connectivity index (χ0n) is 11.0. The molecule has 1 atom stereocenters. The lowest BCUT2D eigenvalue weighted by atomic mass is 10.0. The average molecular weight is 316 g/mol. The van der Waals surface area contributed by atoms with E-state index in [1.807, 2.05) is 6.07 Å². The number of alkyl halides is 1. The van der Waals surface area contributed by atoms with Gasteiger partial charge in [0.2, 0.25) is 0 Å². The van der Waals surface area contributed by atoms with Crippen molar-refractivity contribution in [3.05, 3.63) is 29.6 Å². The van der Waals surface area contributed by atoms with E-state index in [-0.39, 0.29) is 17.5 Å². The molecule has 0 radical (unpaired) electrons. The van der Waals surface area contributed by atoms with Crippen LogP contribution in [0.4, 0.5) is 10.1 Å². The maximum atomic E-state index is 13.8. The number of hydrogen-bond acceptors (Lipinski definition) is 2. The standard InChI is InChI=1S/C14H19BrFNO/c1-10-8-17(9-14(2,3)18-10)13-6-4-5-12(16)11(13)7-15/h4-6,10H,7-9H2,1-3H3. The van der Waals surface area contributed by atoms with Crippen molar-refractivity contribution in [3.63, 3.8) is 0 Å². The number of benzene rings is 1. The minimum atomic E-state index is -0.201. The van der Waals surface area contributed by atoms with Crippen LogP contribution in [0.5, 0.6) is 0 Å². The summed E-state index contributed by atoms with van der Waals surface area (Å²) in [6.45, 7) is 7.78. The second-order valence-electron chi connectivity index (χ2n) is 5.44. The van der Waals surface area contributed by atoms with Crippen LogP contribution in [-0.4, -0.2) is 24.8 Å². The third kappa shape index (κ3) is 2.86. The summed E-state index contributed by atoms with van der Waals surface area (Å²) in [6, 6.07) is 5.26. The molecule has 1 saturated heterocycles. The Morgan fingerprint density at radius 1 is 1.50 bits per heavy atom. The fourth-order valence-electron chi connectivity index (χ4n) is 2.61. The summed E-state index contributed by atoms with van der Waals surface area (Å²) in [5.41, 5.74) is 1.49. The molecule has 0 saturated carbocycles. The number of anilines is 1. The smallest absolute Gasteiger partial charge is 0.129 e. The number of ether oxygens (including phenoxy) is 1. The highest BCUT2D eigenvalue weighted by atomic mass is 79.9. The van der Waals surface area contributed by atoms with Crippen LogP contribution >= 0.6 is 15.9 Å². The van der Waals surface area contributed by atoms with Gasteiger partial charge in [0.05, 0.1) is 11.7 Å². The molecule has 0 bridgehead atoms. The van der Waals surface area contributed by atoms with Gasteiger partial charge >= 0.3 is 0 Å². The fourth-order valence-corrected chi connectivity index (χ4v) is 3.17. The summed E-state index contributed by atoms with van der Waals surface area (Å²) >= 11 is 3.37. The van der Waals surface area contributed by atoms with Crippen molar-refractivity contribution < 1.29 is 9.13 Å². The van der Waals surface area contributed by atoms with E-state index < -0.39 is 0 Å². The van der Waals surface area contributed by atoms with E-state index in [0.29, 0.717) is 5.33 Å². The van der Waals surface area contributed by atoms with Crippen molar-refractivity contribution in [1.82, 2.24) is 0 Å². The first-order valence-electron chi connectivity index (χ1n) is 6.19. The number of morpholine rings is 1. The molecule has 1 aromatic rings. The summed E-state index contributed by atoms with van der Waals surface area (Å²) in [5.74, 6) is -0.152. The van der Waals surface area contributed by atoms with Crippen molar-refractivity contribution in [1.29, 1.82) is 0 Å². The molecule has 0 aliphatic carbocycles. The van der Waals surface area contributed by atoms with Gasteiger partial charge in [-0.1, -0.05) is 22.0 Å². The van der Waals surface area contributed by atoms with E-state index in [9.17, 15) is 4.39 Å². The number of halogens is 2. The highest BCUT2D eigenvalue weighted by molar-refractivity contribution is 9.08. The Balaban J connectivity index is 2.34. The molecule has 100 valence electrons. The van der Waals surface area contributed by atoms with E-state index >= 15 is 0 Å². The Morgan fingerprint density at radius 2 is 2.22 bits per heavy atom. The zero-order chi connectivity index (χ0) is 13.3. The van der Waals surface area contributed by atoms with Gasteiger partial charge in [0.1, 0.15) is 5.82 Å². The highest BCUT2D eigenvalue weighted by Crippen LogP contribution is 2.30. The molecule has 1 unspecified atom stereocenters. The highest BCUT2D eigenvalue weighted by Gasteiger charge is 2.32. The minimum absolute atomic E-state index is 0.152. The van der Waals surface area contributed by atoms with Crippen molar-refractivity contribution in [2.75, 3.05) is 18.0 Å². The monoisotopic (exact) mass is 315 g/mol. The van der Waals surface area contributed by atoms with E-state index in [1.165, 1.54) is 6.07 Å². The first kappa shape index (κ1) is 13.8. The molecule has 0 spiro atoms. The molecule has 2 nitrogen and oxygen atoms in total. The molecule has 0 amide bonds. The van der Waals surface area contributed by atoms with Gasteiger partial charge in [-0.2, -0.15) is 0 Å². The van der Waals surface area contributed by atoms with Gasteiger partial charge in [-0.15, -0.1) is 0 Å². The fraction of sp³-hybridized carbons (Fsp3) is 0.571. The third-order valence-corrected chi connectivity index (χ3v) is 3.70. The van der Waals surface area contributed by atoms with E-state index in [4.69, 9.17) is 4.74 Å². The Morgan fingerprint density at radius 3 is 2.83 bits per heavy atom. The Hall–Kier alpha value is -0.610. The number of nitrogens with zero attached hydrogens (tertiary/aromatic N) is 1. The number of rotatable bonds is 2. The van der Waals surface area contributed by atoms with Crippen molar-refractivity contribution in [2.45, 2.75) is 37.8 Å². The Bertz CT molecular complexity index is 436. The summed E-state index contributed by atoms with van der Waals surface area (Å²) in [5, 5.41) is 0.529. The van der Waals surface area contributed by atoms with Crippen LogP contribution in [0.1, 0.15) is 26.3 Å². The summed E-state index contributed by atoms with van der Waals surface area (Å²) in [7, 11) is 0. The molecule has 1 fully saturated rings. The molecule has 1 aromatic carbocycles. The largest absolute Gasteiger partial charge is 0.369 e. The van der Waals surface area contributed by atoms with E-state index in [0.717, 1.165) is 24.3 Å². The van der Waals surface area contributed by atoms with Crippen molar-refractivity contribution in [2.24, 2.45) is 0 Å². The Labute approximate surface area is 116 Å². The second-order valence-corrected chi connectivity index (χ2v) is 6.00. The molecule has 0 N–H and O–H groups in total. The van der Waals surface area contributed by atoms with Gasteiger partial charge in [0, 0.05) is 29.7 Å². The molecule has 1 heterocycles. The summed E-state index contributed by atoms with van der Waals surface area (Å²) in [4.78, 5) is 2.22. The predicted octanol–water partition coefficient (Wildman–Crippen LogP) is 3.72. The van der Waals surface area contributed by atoms with Crippen molar-refractivity contribution >= 4 is 21.6 Å². The minimum Gasteiger partial charge on any atom is -0.369 e. The average Bonchev–Trinajstić information content (AvgIpc) is 2.25. The lowest BCUT2D eigenvalue weighted by Crippen LogP contribution is -2.52. The van der Waals surface area contributed by atoms with Crippen LogP contribution in [0.15, 0.2) is 18.2 Å². The quantitative estimate of drug-likeness (QED) is 0.771. The third-order valence-electron chi connectivity index (χ3n) is 3.14. The van der Waals surface area contributed by atoms with Gasteiger partial charge < -0.3 is 9.64 Å². The van der Waals surface area contributed by atoms with Crippen molar-refractivity contribution in [3.8, 4) is 0 Å². The van der Waals surface area contributed by atoms with Gasteiger partial charge in [0.25, 0.3) is 0 Å². The van der Waals surface area contributed by atoms with Gasteiger partial charge in [-0.25, -0.2) is 4.39 Å². The van der Waals surface area contributed by atoms with Crippen LogP contribution in [0.3, 0.4) is 0 Å². The normalized spacial score (nSPS) is 23.2. The first-order chi connectivity index (χ1) is 8.43. The molecule has 1 aliphatic rings. The molecular formula is C14H19BrFNO. The molecular weight excluding hydrogens is 297 g/mol. The van der Waals surface area contributed by atoms with Crippen LogP contribution in [-0.2, 0) is 10.1 Å². The van der Waals surface area contributed by atoms with E-state index in [2.05, 4.69) is 41.6 Å². The lowest BCUT2D eigenvalue weighted by Gasteiger charge is -2.43. The SMILES string of the molecule is CC1CN(c2cccc(F)c2CBr)CC(C)(C)O1. The van der Waals surface area contributed by atoms with Gasteiger partial charge in [0.15, 0.2) is 0 Å². The van der Waals surface area contributed by atoms with Crippen LogP contribution < -0.4 is 4.90 Å². The molecule has 2 rings (SSSR count). The Kier molecular flexibility index (Phi) is 3.97.